The highest BCUT2D eigenvalue weighted by atomic mass is 32.2. The van der Waals surface area contributed by atoms with E-state index in [9.17, 15) is 18.7 Å². The number of thioether (sulfide) groups is 1. The van der Waals surface area contributed by atoms with Gasteiger partial charge in [0, 0.05) is 4.90 Å². The maximum atomic E-state index is 12.5. The van der Waals surface area contributed by atoms with Crippen molar-refractivity contribution in [1.29, 1.82) is 0 Å². The molecule has 5 heteroatoms. The first-order valence-corrected chi connectivity index (χ1v) is 4.17. The predicted octanol–water partition coefficient (Wildman–Crippen LogP) is 1.12. The summed E-state index contributed by atoms with van der Waals surface area (Å²) < 4.78 is 25.1. The highest BCUT2D eigenvalue weighted by Crippen LogP contribution is 2.34. The van der Waals surface area contributed by atoms with Crippen LogP contribution in [-0.4, -0.2) is 11.2 Å². The molecule has 70 valence electrons. The molecule has 0 saturated heterocycles. The second kappa shape index (κ2) is 3.74. The molecule has 13 heavy (non-hydrogen) atoms. The molecule has 0 aliphatic heterocycles. The van der Waals surface area contributed by atoms with Crippen LogP contribution in [0.5, 0.6) is 0 Å². The molecule has 1 aromatic carbocycles. The fourth-order valence-corrected chi connectivity index (χ4v) is 1.35. The SMILES string of the molecule is O=C([O-])C(F)(F)Sc1ccccc1. The Morgan fingerprint density at radius 1 is 1.31 bits per heavy atom. The van der Waals surface area contributed by atoms with Crippen molar-refractivity contribution in [2.45, 2.75) is 10.2 Å². The number of carbonyl (C=O) groups excluding carboxylic acids is 1. The Kier molecular flexibility index (Phi) is 2.87. The van der Waals surface area contributed by atoms with Crippen molar-refractivity contribution < 1.29 is 18.7 Å². The maximum absolute atomic E-state index is 12.5. The molecule has 0 heterocycles. The lowest BCUT2D eigenvalue weighted by molar-refractivity contribution is -0.320. The minimum atomic E-state index is -3.87. The molecule has 0 N–H and O–H groups in total. The molecule has 0 radical (unpaired) electrons. The van der Waals surface area contributed by atoms with E-state index in [2.05, 4.69) is 0 Å². The summed E-state index contributed by atoms with van der Waals surface area (Å²) in [4.78, 5) is 10.1. The normalized spacial score (nSPS) is 11.2. The third-order valence-electron chi connectivity index (χ3n) is 1.23. The van der Waals surface area contributed by atoms with Crippen molar-refractivity contribution in [3.63, 3.8) is 0 Å². The molecule has 0 unspecified atom stereocenters. The van der Waals surface area contributed by atoms with Crippen LogP contribution in [0.4, 0.5) is 8.78 Å². The molecule has 0 aromatic heterocycles. The molecule has 0 aliphatic carbocycles. The maximum Gasteiger partial charge on any atom is 0.337 e. The lowest BCUT2D eigenvalue weighted by Gasteiger charge is -2.15. The molecule has 2 nitrogen and oxygen atoms in total. The van der Waals surface area contributed by atoms with E-state index in [-0.39, 0.29) is 16.7 Å². The molecule has 0 aliphatic rings. The minimum absolute atomic E-state index is 0.0414. The van der Waals surface area contributed by atoms with Crippen molar-refractivity contribution >= 4 is 17.7 Å². The van der Waals surface area contributed by atoms with Gasteiger partial charge in [-0.2, -0.15) is 8.78 Å². The van der Waals surface area contributed by atoms with Gasteiger partial charge in [0.25, 0.3) is 0 Å². The van der Waals surface area contributed by atoms with Crippen LogP contribution in [0, 0.1) is 0 Å². The van der Waals surface area contributed by atoms with Gasteiger partial charge in [0.15, 0.2) is 0 Å². The number of halogens is 2. The molecular weight excluding hydrogens is 198 g/mol. The zero-order valence-electron chi connectivity index (χ0n) is 6.37. The summed E-state index contributed by atoms with van der Waals surface area (Å²) in [5.74, 6) is -2.37. The van der Waals surface area contributed by atoms with E-state index >= 15 is 0 Å². The van der Waals surface area contributed by atoms with Crippen LogP contribution in [0.15, 0.2) is 35.2 Å². The molecule has 0 bridgehead atoms. The second-order valence-corrected chi connectivity index (χ2v) is 3.41. The Bertz CT molecular complexity index is 300. The van der Waals surface area contributed by atoms with Gasteiger partial charge in [-0.3, -0.25) is 0 Å². The summed E-state index contributed by atoms with van der Waals surface area (Å²) in [5, 5.41) is 6.07. The topological polar surface area (TPSA) is 40.1 Å². The van der Waals surface area contributed by atoms with E-state index in [4.69, 9.17) is 0 Å². The van der Waals surface area contributed by atoms with Crippen molar-refractivity contribution in [2.24, 2.45) is 0 Å². The van der Waals surface area contributed by atoms with E-state index in [0.29, 0.717) is 0 Å². The smallest absolute Gasteiger partial charge is 0.337 e. The first-order valence-electron chi connectivity index (χ1n) is 3.36. The Hall–Kier alpha value is -1.10. The van der Waals surface area contributed by atoms with Gasteiger partial charge >= 0.3 is 5.25 Å². The van der Waals surface area contributed by atoms with Crippen molar-refractivity contribution in [2.75, 3.05) is 0 Å². The van der Waals surface area contributed by atoms with E-state index in [1.165, 1.54) is 12.1 Å². The standard InChI is InChI=1S/C8H6F2O2S/c9-8(10,7(11)12)13-6-4-2-1-3-5-6/h1-5H,(H,11,12)/p-1. The van der Waals surface area contributed by atoms with Gasteiger partial charge in [-0.25, -0.2) is 0 Å². The molecule has 0 atom stereocenters. The fourth-order valence-electron chi connectivity index (χ4n) is 0.678. The molecule has 0 fully saturated rings. The Morgan fingerprint density at radius 2 is 1.85 bits per heavy atom. The van der Waals surface area contributed by atoms with Crippen LogP contribution in [0.1, 0.15) is 0 Å². The number of hydrogen-bond donors (Lipinski definition) is 0. The highest BCUT2D eigenvalue weighted by Gasteiger charge is 2.32. The quantitative estimate of drug-likeness (QED) is 0.691. The number of alkyl halides is 2. The van der Waals surface area contributed by atoms with E-state index in [1.54, 1.807) is 18.2 Å². The van der Waals surface area contributed by atoms with Crippen LogP contribution in [0.3, 0.4) is 0 Å². The van der Waals surface area contributed by atoms with Gasteiger partial charge in [0.1, 0.15) is 5.97 Å². The zero-order chi connectivity index (χ0) is 9.90. The molecule has 1 rings (SSSR count). The minimum Gasteiger partial charge on any atom is -0.543 e. The summed E-state index contributed by atoms with van der Waals surface area (Å²) in [5.41, 5.74) is 0. The van der Waals surface area contributed by atoms with Crippen molar-refractivity contribution in [3.05, 3.63) is 30.3 Å². The van der Waals surface area contributed by atoms with Gasteiger partial charge < -0.3 is 9.90 Å². The molecule has 1 aromatic rings. The largest absolute Gasteiger partial charge is 0.543 e. The van der Waals surface area contributed by atoms with Gasteiger partial charge in [-0.15, -0.1) is 0 Å². The molecule has 0 amide bonds. The number of rotatable bonds is 3. The number of aliphatic carboxylic acids is 1. The molecule has 0 saturated carbocycles. The van der Waals surface area contributed by atoms with Crippen LogP contribution in [0.25, 0.3) is 0 Å². The molecule has 0 spiro atoms. The number of hydrogen-bond acceptors (Lipinski definition) is 3. The summed E-state index contributed by atoms with van der Waals surface area (Å²) in [6.07, 6.45) is 0. The first kappa shape index (κ1) is 9.98. The monoisotopic (exact) mass is 203 g/mol. The fraction of sp³-hybridized carbons (Fsp3) is 0.125. The predicted molar refractivity (Wildman–Crippen MR) is 42.3 cm³/mol. The zero-order valence-corrected chi connectivity index (χ0v) is 7.18. The van der Waals surface area contributed by atoms with Gasteiger partial charge in [-0.1, -0.05) is 18.2 Å². The number of carboxylic acid groups (broad SMARTS) is 1. The van der Waals surface area contributed by atoms with Gasteiger partial charge in [0.05, 0.1) is 0 Å². The highest BCUT2D eigenvalue weighted by molar-refractivity contribution is 8.01. The summed E-state index contributed by atoms with van der Waals surface area (Å²) in [6, 6.07) is 7.56. The van der Waals surface area contributed by atoms with Crippen LogP contribution in [-0.2, 0) is 4.79 Å². The summed E-state index contributed by atoms with van der Waals surface area (Å²) >= 11 is -0.0414. The van der Waals surface area contributed by atoms with E-state index in [0.717, 1.165) is 0 Å². The second-order valence-electron chi connectivity index (χ2n) is 2.22. The Labute approximate surface area is 77.6 Å². The molecular formula is C8H5F2O2S-. The third kappa shape index (κ3) is 2.69. The average molecular weight is 203 g/mol. The van der Waals surface area contributed by atoms with Crippen LogP contribution >= 0.6 is 11.8 Å². The van der Waals surface area contributed by atoms with Crippen molar-refractivity contribution in [3.8, 4) is 0 Å². The average Bonchev–Trinajstić information content (AvgIpc) is 2.05. The third-order valence-corrected chi connectivity index (χ3v) is 2.16. The number of benzene rings is 1. The lowest BCUT2D eigenvalue weighted by Crippen LogP contribution is -2.38. The van der Waals surface area contributed by atoms with E-state index in [1.807, 2.05) is 0 Å². The van der Waals surface area contributed by atoms with Gasteiger partial charge in [-0.05, 0) is 23.9 Å². The summed E-state index contributed by atoms with van der Waals surface area (Å²) in [6.45, 7) is 0. The lowest BCUT2D eigenvalue weighted by atomic mass is 10.4. The van der Waals surface area contributed by atoms with Crippen LogP contribution in [0.2, 0.25) is 0 Å². The number of carboxylic acids is 1. The first-order chi connectivity index (χ1) is 6.02. The van der Waals surface area contributed by atoms with Crippen molar-refractivity contribution in [1.82, 2.24) is 0 Å². The van der Waals surface area contributed by atoms with E-state index < -0.39 is 11.2 Å². The van der Waals surface area contributed by atoms with Gasteiger partial charge in [0.2, 0.25) is 0 Å². The number of carbonyl (C=O) groups is 1. The Balaban J connectivity index is 2.75. The Morgan fingerprint density at radius 3 is 2.31 bits per heavy atom. The van der Waals surface area contributed by atoms with Crippen LogP contribution < -0.4 is 5.11 Å². The summed E-state index contributed by atoms with van der Waals surface area (Å²) in [7, 11) is 0.